The molecule has 2 N–H and O–H groups in total. The first-order valence-electron chi connectivity index (χ1n) is 4.56. The van der Waals surface area contributed by atoms with Crippen LogP contribution in [0.25, 0.3) is 0 Å². The number of hydrogen-bond acceptors (Lipinski definition) is 2. The van der Waals surface area contributed by atoms with Crippen molar-refractivity contribution in [1.29, 1.82) is 0 Å². The Morgan fingerprint density at radius 3 is 2.31 bits per heavy atom. The van der Waals surface area contributed by atoms with E-state index in [1.807, 2.05) is 0 Å². The largest absolute Gasteiger partial charge is 0.508 e. The Labute approximate surface area is 79.6 Å². The summed E-state index contributed by atoms with van der Waals surface area (Å²) in [6.07, 6.45) is 4.92. The van der Waals surface area contributed by atoms with E-state index in [0.29, 0.717) is 0 Å². The molecule has 0 spiro atoms. The highest BCUT2D eigenvalue weighted by Gasteiger charge is 2.38. The molecule has 2 atom stereocenters. The van der Waals surface area contributed by atoms with Crippen LogP contribution in [0, 0.1) is 11.3 Å². The molecule has 1 aliphatic carbocycles. The number of aliphatic hydroxyl groups is 2. The summed E-state index contributed by atoms with van der Waals surface area (Å²) in [6.45, 7) is 7.92. The predicted octanol–water partition coefficient (Wildman–Crippen LogP) is 2.41. The van der Waals surface area contributed by atoms with Gasteiger partial charge < -0.3 is 10.2 Å². The van der Waals surface area contributed by atoms with Crippen LogP contribution in [0.4, 0.5) is 0 Å². The first-order chi connectivity index (χ1) is 5.73. The molecule has 0 heterocycles. The molecule has 1 aliphatic rings. The van der Waals surface area contributed by atoms with E-state index in [-0.39, 0.29) is 17.1 Å². The van der Waals surface area contributed by atoms with Crippen LogP contribution in [0.15, 0.2) is 24.0 Å². The molecule has 0 saturated carbocycles. The highest BCUT2D eigenvalue weighted by Crippen LogP contribution is 2.39. The van der Waals surface area contributed by atoms with E-state index < -0.39 is 5.60 Å². The molecule has 2 unspecified atom stereocenters. The summed E-state index contributed by atoms with van der Waals surface area (Å²) in [5.74, 6) is 0.191. The minimum atomic E-state index is -0.857. The van der Waals surface area contributed by atoms with E-state index in [1.54, 1.807) is 25.2 Å². The molecule has 0 radical (unpaired) electrons. The second kappa shape index (κ2) is 2.88. The van der Waals surface area contributed by atoms with Gasteiger partial charge in [0.1, 0.15) is 5.76 Å². The van der Waals surface area contributed by atoms with Crippen LogP contribution in [-0.2, 0) is 0 Å². The first kappa shape index (κ1) is 10.3. The van der Waals surface area contributed by atoms with Crippen molar-refractivity contribution in [1.82, 2.24) is 0 Å². The van der Waals surface area contributed by atoms with Gasteiger partial charge in [-0.25, -0.2) is 0 Å². The van der Waals surface area contributed by atoms with Gasteiger partial charge in [-0.2, -0.15) is 0 Å². The highest BCUT2D eigenvalue weighted by atomic mass is 16.3. The lowest BCUT2D eigenvalue weighted by Crippen LogP contribution is -2.41. The summed E-state index contributed by atoms with van der Waals surface area (Å²) < 4.78 is 0. The second-order valence-corrected chi connectivity index (χ2v) is 4.99. The minimum Gasteiger partial charge on any atom is -0.508 e. The monoisotopic (exact) mass is 182 g/mol. The van der Waals surface area contributed by atoms with Crippen molar-refractivity contribution in [3.8, 4) is 0 Å². The van der Waals surface area contributed by atoms with Crippen LogP contribution in [0.1, 0.15) is 27.7 Å². The van der Waals surface area contributed by atoms with E-state index in [4.69, 9.17) is 0 Å². The normalized spacial score (nSPS) is 34.5. The molecule has 0 aromatic rings. The average Bonchev–Trinajstić information content (AvgIpc) is 1.92. The van der Waals surface area contributed by atoms with Crippen molar-refractivity contribution < 1.29 is 10.2 Å². The number of hydrogen-bond donors (Lipinski definition) is 2. The fraction of sp³-hybridized carbons (Fsp3) is 0.636. The number of allylic oxidation sites excluding steroid dienone is 1. The van der Waals surface area contributed by atoms with Gasteiger partial charge in [0.25, 0.3) is 0 Å². The zero-order chi connectivity index (χ0) is 10.3. The minimum absolute atomic E-state index is 0.0509. The highest BCUT2D eigenvalue weighted by molar-refractivity contribution is 5.26. The average molecular weight is 182 g/mol. The van der Waals surface area contributed by atoms with E-state index >= 15 is 0 Å². The molecule has 0 bridgehead atoms. The van der Waals surface area contributed by atoms with Crippen molar-refractivity contribution in [2.45, 2.75) is 33.3 Å². The lowest BCUT2D eigenvalue weighted by molar-refractivity contribution is 0.0138. The standard InChI is InChI=1S/C11H18O2/c1-10(2,3)9-7-8(12)5-6-11(9,4)13/h5-7,9,12-13H,1-4H3. The van der Waals surface area contributed by atoms with E-state index in [2.05, 4.69) is 20.8 Å². The van der Waals surface area contributed by atoms with Crippen LogP contribution in [0.3, 0.4) is 0 Å². The number of aliphatic hydroxyl groups excluding tert-OH is 1. The second-order valence-electron chi connectivity index (χ2n) is 4.99. The van der Waals surface area contributed by atoms with Gasteiger partial charge in [-0.1, -0.05) is 20.8 Å². The van der Waals surface area contributed by atoms with Crippen LogP contribution >= 0.6 is 0 Å². The predicted molar refractivity (Wildman–Crippen MR) is 53.4 cm³/mol. The fourth-order valence-corrected chi connectivity index (χ4v) is 1.88. The molecule has 0 aliphatic heterocycles. The zero-order valence-electron chi connectivity index (χ0n) is 8.70. The lowest BCUT2D eigenvalue weighted by Gasteiger charge is -2.39. The third-order valence-electron chi connectivity index (χ3n) is 2.49. The van der Waals surface area contributed by atoms with E-state index in [9.17, 15) is 10.2 Å². The van der Waals surface area contributed by atoms with Crippen LogP contribution in [0.5, 0.6) is 0 Å². The van der Waals surface area contributed by atoms with Crippen LogP contribution in [0.2, 0.25) is 0 Å². The van der Waals surface area contributed by atoms with Gasteiger partial charge in [-0.3, -0.25) is 0 Å². The Bertz CT molecular complexity index is 254. The lowest BCUT2D eigenvalue weighted by atomic mass is 9.69. The van der Waals surface area contributed by atoms with Crippen molar-refractivity contribution in [2.75, 3.05) is 0 Å². The Hall–Kier alpha value is -0.760. The molecule has 0 saturated heterocycles. The molecule has 2 nitrogen and oxygen atoms in total. The molecular formula is C11H18O2. The summed E-state index contributed by atoms with van der Waals surface area (Å²) in [7, 11) is 0. The zero-order valence-corrected chi connectivity index (χ0v) is 8.70. The van der Waals surface area contributed by atoms with Crippen LogP contribution < -0.4 is 0 Å². The maximum atomic E-state index is 10.0. The summed E-state index contributed by atoms with van der Waals surface area (Å²) in [4.78, 5) is 0. The summed E-state index contributed by atoms with van der Waals surface area (Å²) in [6, 6.07) is 0. The summed E-state index contributed by atoms with van der Waals surface area (Å²) >= 11 is 0. The molecule has 74 valence electrons. The van der Waals surface area contributed by atoms with Gasteiger partial charge in [-0.15, -0.1) is 0 Å². The van der Waals surface area contributed by atoms with Gasteiger partial charge in [-0.05, 0) is 30.6 Å². The van der Waals surface area contributed by atoms with Gasteiger partial charge >= 0.3 is 0 Å². The fourth-order valence-electron chi connectivity index (χ4n) is 1.88. The Balaban J connectivity index is 3.02. The Morgan fingerprint density at radius 2 is 1.92 bits per heavy atom. The molecule has 0 aromatic carbocycles. The SMILES string of the molecule is CC(C)(C)C1C=C(O)C=CC1(C)O. The maximum absolute atomic E-state index is 10.0. The molecule has 0 amide bonds. The quantitative estimate of drug-likeness (QED) is 0.604. The van der Waals surface area contributed by atoms with Crippen molar-refractivity contribution in [2.24, 2.45) is 11.3 Å². The molecule has 13 heavy (non-hydrogen) atoms. The van der Waals surface area contributed by atoms with Crippen LogP contribution in [-0.4, -0.2) is 15.8 Å². The molecular weight excluding hydrogens is 164 g/mol. The van der Waals surface area contributed by atoms with Crippen molar-refractivity contribution in [3.05, 3.63) is 24.0 Å². The third kappa shape index (κ3) is 2.13. The summed E-state index contributed by atoms with van der Waals surface area (Å²) in [5.41, 5.74) is -0.910. The topological polar surface area (TPSA) is 40.5 Å². The smallest absolute Gasteiger partial charge is 0.111 e. The van der Waals surface area contributed by atoms with Gasteiger partial charge in [0, 0.05) is 5.92 Å². The summed E-state index contributed by atoms with van der Waals surface area (Å²) in [5, 5.41) is 19.4. The van der Waals surface area contributed by atoms with Gasteiger partial charge in [0.15, 0.2) is 0 Å². The maximum Gasteiger partial charge on any atom is 0.111 e. The first-order valence-corrected chi connectivity index (χ1v) is 4.56. The van der Waals surface area contributed by atoms with Gasteiger partial charge in [0.05, 0.1) is 5.60 Å². The molecule has 0 aromatic heterocycles. The number of rotatable bonds is 0. The molecule has 2 heteroatoms. The molecule has 1 rings (SSSR count). The van der Waals surface area contributed by atoms with E-state index in [0.717, 1.165) is 0 Å². The Kier molecular flexibility index (Phi) is 2.28. The van der Waals surface area contributed by atoms with Gasteiger partial charge in [0.2, 0.25) is 0 Å². The Morgan fingerprint density at radius 1 is 1.38 bits per heavy atom. The third-order valence-corrected chi connectivity index (χ3v) is 2.49. The van der Waals surface area contributed by atoms with E-state index in [1.165, 1.54) is 0 Å². The molecule has 0 fully saturated rings. The van der Waals surface area contributed by atoms with Crippen molar-refractivity contribution >= 4 is 0 Å². The van der Waals surface area contributed by atoms with Crippen molar-refractivity contribution in [3.63, 3.8) is 0 Å².